The molecule has 0 fully saturated rings. The molecule has 0 saturated heterocycles. The van der Waals surface area contributed by atoms with Gasteiger partial charge in [-0.1, -0.05) is 0 Å². The van der Waals surface area contributed by atoms with E-state index in [2.05, 4.69) is 4.74 Å². The van der Waals surface area contributed by atoms with Gasteiger partial charge in [0.25, 0.3) is 0 Å². The molecule has 0 aromatic rings. The van der Waals surface area contributed by atoms with Gasteiger partial charge in [-0.2, -0.15) is 48.3 Å². The van der Waals surface area contributed by atoms with Crippen molar-refractivity contribution in [2.75, 3.05) is 6.61 Å². The molecule has 0 radical (unpaired) electrons. The number of rotatable bonds is 7. The monoisotopic (exact) mass is 387 g/mol. The lowest BCUT2D eigenvalue weighted by Gasteiger charge is -2.35. The van der Waals surface area contributed by atoms with Gasteiger partial charge in [-0.05, 0) is 0 Å². The van der Waals surface area contributed by atoms with Crippen molar-refractivity contribution in [3.05, 3.63) is 11.9 Å². The molecule has 0 bridgehead atoms. The van der Waals surface area contributed by atoms with Crippen LogP contribution in [0, 0.1) is 0 Å². The van der Waals surface area contributed by atoms with E-state index in [1.807, 2.05) is 0 Å². The van der Waals surface area contributed by atoms with E-state index >= 15 is 0 Å². The second-order valence-corrected chi connectivity index (χ2v) is 3.93. The van der Waals surface area contributed by atoms with E-state index in [1.54, 1.807) is 0 Å². The number of carboxylic acids is 1. The number of allylic oxidation sites excluding steroid dienone is 2. The van der Waals surface area contributed by atoms with Crippen molar-refractivity contribution >= 4 is 5.97 Å². The highest BCUT2D eigenvalue weighted by Gasteiger charge is 2.83. The van der Waals surface area contributed by atoms with Crippen LogP contribution in [0.15, 0.2) is 11.9 Å². The zero-order valence-corrected chi connectivity index (χ0v) is 10.5. The number of carbonyl (C=O) groups excluding carboxylic acids is 1. The number of halogens is 12. The van der Waals surface area contributed by atoms with E-state index in [1.165, 1.54) is 0 Å². The summed E-state index contributed by atoms with van der Waals surface area (Å²) >= 11 is 0. The molecule has 0 N–H and O–H groups in total. The third-order valence-corrected chi connectivity index (χ3v) is 2.12. The number of hydrogen-bond donors (Lipinski definition) is 0. The molecule has 0 unspecified atom stereocenters. The van der Waals surface area contributed by atoms with Crippen LogP contribution in [0.2, 0.25) is 0 Å². The zero-order valence-electron chi connectivity index (χ0n) is 10.5. The Morgan fingerprint density at radius 2 is 1.29 bits per heavy atom. The summed E-state index contributed by atoms with van der Waals surface area (Å²) in [7, 11) is 0. The highest BCUT2D eigenvalue weighted by Crippen LogP contribution is 2.55. The average molecular weight is 387 g/mol. The van der Waals surface area contributed by atoms with Gasteiger partial charge in [0, 0.05) is 0 Å². The fourth-order valence-corrected chi connectivity index (χ4v) is 1.00. The van der Waals surface area contributed by atoms with Gasteiger partial charge in [-0.15, -0.1) is 0 Å². The Hall–Kier alpha value is -1.67. The number of alkyl halides is 11. The third-order valence-electron chi connectivity index (χ3n) is 2.12. The summed E-state index contributed by atoms with van der Waals surface area (Å²) in [6, 6.07) is 0. The molecule has 0 aliphatic rings. The van der Waals surface area contributed by atoms with Crippen molar-refractivity contribution in [1.82, 2.24) is 0 Å². The molecular weight excluding hydrogens is 384 g/mol. The van der Waals surface area contributed by atoms with Gasteiger partial charge in [-0.3, -0.25) is 0 Å². The van der Waals surface area contributed by atoms with Crippen LogP contribution in [0.4, 0.5) is 52.7 Å². The number of ether oxygens (including phenoxy) is 1. The van der Waals surface area contributed by atoms with Crippen LogP contribution in [0.1, 0.15) is 0 Å². The molecule has 0 aliphatic heterocycles. The molecule has 0 aromatic heterocycles. The summed E-state index contributed by atoms with van der Waals surface area (Å²) in [6.45, 7) is -2.47. The molecule has 0 aliphatic carbocycles. The Morgan fingerprint density at radius 1 is 0.875 bits per heavy atom. The van der Waals surface area contributed by atoms with Crippen LogP contribution < -0.4 is 5.11 Å². The highest BCUT2D eigenvalue weighted by atomic mass is 19.4. The molecule has 0 amide bonds. The first-order valence-electron chi connectivity index (χ1n) is 5.10. The molecule has 0 saturated carbocycles. The highest BCUT2D eigenvalue weighted by molar-refractivity contribution is 5.65. The van der Waals surface area contributed by atoms with Crippen LogP contribution >= 0.6 is 0 Å². The van der Waals surface area contributed by atoms with Gasteiger partial charge in [0.1, 0.15) is 0 Å². The predicted octanol–water partition coefficient (Wildman–Crippen LogP) is 2.67. The topological polar surface area (TPSA) is 49.4 Å². The van der Waals surface area contributed by atoms with Gasteiger partial charge >= 0.3 is 30.1 Å². The molecule has 24 heavy (non-hydrogen) atoms. The summed E-state index contributed by atoms with van der Waals surface area (Å²) in [5, 5.41) is 9.74. The molecule has 0 atom stereocenters. The Kier molecular flexibility index (Phi) is 5.89. The van der Waals surface area contributed by atoms with Gasteiger partial charge < -0.3 is 14.6 Å². The van der Waals surface area contributed by atoms with Gasteiger partial charge in [0.15, 0.2) is 5.83 Å². The number of carboxylic acid groups (broad SMARTS) is 1. The first kappa shape index (κ1) is 22.3. The van der Waals surface area contributed by atoms with Crippen LogP contribution in [-0.4, -0.2) is 42.6 Å². The van der Waals surface area contributed by atoms with E-state index in [-0.39, 0.29) is 0 Å². The maximum atomic E-state index is 13.0. The van der Waals surface area contributed by atoms with Crippen LogP contribution in [0.3, 0.4) is 0 Å². The van der Waals surface area contributed by atoms with E-state index in [9.17, 15) is 62.6 Å². The normalized spacial score (nSPS) is 15.6. The Bertz CT molecular complexity index is 506. The van der Waals surface area contributed by atoms with E-state index in [4.69, 9.17) is 0 Å². The van der Waals surface area contributed by atoms with Crippen LogP contribution in [0.5, 0.6) is 0 Å². The SMILES string of the molecule is O=C([O-])COC(F)(F)C(F)(F)C(F)(F)C(F)(F)C(F)=CC(F)(F)F. The van der Waals surface area contributed by atoms with Gasteiger partial charge in [-0.25, -0.2) is 4.39 Å². The molecular formula is C9H3F12O3-. The van der Waals surface area contributed by atoms with Crippen molar-refractivity contribution in [1.29, 1.82) is 0 Å². The van der Waals surface area contributed by atoms with Crippen molar-refractivity contribution in [2.45, 2.75) is 30.1 Å². The average Bonchev–Trinajstić information content (AvgIpc) is 2.33. The largest absolute Gasteiger partial charge is 0.548 e. The fraction of sp³-hybridized carbons (Fsp3) is 0.667. The van der Waals surface area contributed by atoms with Gasteiger partial charge in [0.2, 0.25) is 0 Å². The molecule has 15 heteroatoms. The van der Waals surface area contributed by atoms with E-state index < -0.39 is 54.5 Å². The first-order valence-corrected chi connectivity index (χ1v) is 5.10. The molecule has 0 aromatic carbocycles. The maximum Gasteiger partial charge on any atom is 0.426 e. The summed E-state index contributed by atoms with van der Waals surface area (Å²) in [5.41, 5.74) is 0. The number of aliphatic carboxylic acids is 1. The standard InChI is InChI=1S/C9H4F12O3/c10-3(1-5(11,12)13)6(14,15)7(16,17)8(18,19)9(20,21)24-2-4(22)23/h1H,2H2,(H,22,23)/p-1. The van der Waals surface area contributed by atoms with Crippen molar-refractivity contribution in [2.24, 2.45) is 0 Å². The number of hydrogen-bond acceptors (Lipinski definition) is 3. The van der Waals surface area contributed by atoms with Crippen LogP contribution in [-0.2, 0) is 9.53 Å². The molecule has 142 valence electrons. The lowest BCUT2D eigenvalue weighted by Crippen LogP contribution is -2.63. The quantitative estimate of drug-likeness (QED) is 0.632. The fourth-order valence-electron chi connectivity index (χ4n) is 1.00. The minimum atomic E-state index is -7.44. The van der Waals surface area contributed by atoms with Crippen LogP contribution in [0.25, 0.3) is 0 Å². The predicted molar refractivity (Wildman–Crippen MR) is 46.0 cm³/mol. The van der Waals surface area contributed by atoms with E-state index in [0.29, 0.717) is 0 Å². The summed E-state index contributed by atoms with van der Waals surface area (Å²) < 4.78 is 153. The second kappa shape index (κ2) is 6.33. The second-order valence-electron chi connectivity index (χ2n) is 3.93. The minimum Gasteiger partial charge on any atom is -0.548 e. The van der Waals surface area contributed by atoms with Crippen molar-refractivity contribution in [3.63, 3.8) is 0 Å². The Balaban J connectivity index is 5.91. The summed E-state index contributed by atoms with van der Waals surface area (Å²) in [4.78, 5) is 9.74. The smallest absolute Gasteiger partial charge is 0.426 e. The Labute approximate surface area is 123 Å². The minimum absolute atomic E-state index is 2.14. The van der Waals surface area contributed by atoms with Gasteiger partial charge in [0.05, 0.1) is 18.7 Å². The Morgan fingerprint density at radius 3 is 1.62 bits per heavy atom. The maximum absolute atomic E-state index is 13.0. The number of carbonyl (C=O) groups is 1. The molecule has 0 spiro atoms. The van der Waals surface area contributed by atoms with E-state index in [0.717, 1.165) is 0 Å². The molecule has 0 heterocycles. The zero-order chi connectivity index (χ0) is 19.8. The first-order chi connectivity index (χ1) is 10.3. The lowest BCUT2D eigenvalue weighted by atomic mass is 10.0. The third kappa shape index (κ3) is 4.24. The summed E-state index contributed by atoms with van der Waals surface area (Å²) in [6.07, 6.45) is -14.8. The lowest BCUT2D eigenvalue weighted by molar-refractivity contribution is -0.426. The van der Waals surface area contributed by atoms with Crippen molar-refractivity contribution in [3.8, 4) is 0 Å². The molecule has 0 rings (SSSR count). The summed E-state index contributed by atoms with van der Waals surface area (Å²) in [5.74, 6) is -28.6. The van der Waals surface area contributed by atoms with Crippen molar-refractivity contribution < 1.29 is 67.3 Å². The molecule has 3 nitrogen and oxygen atoms in total.